The van der Waals surface area contributed by atoms with E-state index < -0.39 is 5.41 Å². The molecule has 84 valence electrons. The van der Waals surface area contributed by atoms with E-state index in [1.165, 1.54) is 0 Å². The third kappa shape index (κ3) is 5.42. The molecule has 0 aliphatic heterocycles. The van der Waals surface area contributed by atoms with E-state index >= 15 is 0 Å². The maximum Gasteiger partial charge on any atom is 0.315 e. The Balaban J connectivity index is 3.76. The molecule has 0 amide bonds. The van der Waals surface area contributed by atoms with E-state index in [-0.39, 0.29) is 12.0 Å². The molecule has 0 fully saturated rings. The van der Waals surface area contributed by atoms with Gasteiger partial charge >= 0.3 is 5.97 Å². The van der Waals surface area contributed by atoms with Crippen molar-refractivity contribution in [3.05, 3.63) is 0 Å². The molecule has 0 saturated carbocycles. The van der Waals surface area contributed by atoms with Gasteiger partial charge in [0.1, 0.15) is 0 Å². The average Bonchev–Trinajstić information content (AvgIpc) is 2.13. The minimum absolute atomic E-state index is 0.125. The summed E-state index contributed by atoms with van der Waals surface area (Å²) >= 11 is 5.28. The Morgan fingerprint density at radius 3 is 2.50 bits per heavy atom. The van der Waals surface area contributed by atoms with Crippen molar-refractivity contribution in [2.45, 2.75) is 13.8 Å². The van der Waals surface area contributed by atoms with Crippen LogP contribution in [0, 0.1) is 5.41 Å². The lowest BCUT2D eigenvalue weighted by molar-refractivity contribution is -0.155. The Labute approximate surface area is 89.5 Å². The second-order valence-corrected chi connectivity index (χ2v) is 3.69. The first kappa shape index (κ1) is 13.7. The smallest absolute Gasteiger partial charge is 0.315 e. The van der Waals surface area contributed by atoms with Crippen molar-refractivity contribution < 1.29 is 19.0 Å². The number of hydrogen-bond donors (Lipinski definition) is 0. The molecular formula is C9H17ClO4. The maximum absolute atomic E-state index is 11.3. The molecule has 4 nitrogen and oxygen atoms in total. The molecule has 0 aromatic rings. The normalized spacial score (nSPS) is 11.4. The highest BCUT2D eigenvalue weighted by Gasteiger charge is 2.29. The van der Waals surface area contributed by atoms with Crippen LogP contribution in [-0.4, -0.2) is 39.0 Å². The van der Waals surface area contributed by atoms with Crippen LogP contribution in [0.25, 0.3) is 0 Å². The fourth-order valence-electron chi connectivity index (χ4n) is 0.773. The summed E-state index contributed by atoms with van der Waals surface area (Å²) in [4.78, 5) is 11.3. The van der Waals surface area contributed by atoms with Gasteiger partial charge in [0.05, 0.1) is 25.2 Å². The number of halogens is 1. The van der Waals surface area contributed by atoms with Gasteiger partial charge in [0.15, 0.2) is 6.07 Å². The SMILES string of the molecule is COCCOCC(C)(C)C(=O)OCCl. The van der Waals surface area contributed by atoms with Gasteiger partial charge in [-0.1, -0.05) is 11.6 Å². The highest BCUT2D eigenvalue weighted by atomic mass is 35.5. The van der Waals surface area contributed by atoms with Crippen molar-refractivity contribution in [1.82, 2.24) is 0 Å². The van der Waals surface area contributed by atoms with Crippen LogP contribution in [0.2, 0.25) is 0 Å². The summed E-state index contributed by atoms with van der Waals surface area (Å²) in [6, 6.07) is -0.125. The molecule has 14 heavy (non-hydrogen) atoms. The number of carbonyl (C=O) groups is 1. The molecule has 0 bridgehead atoms. The highest BCUT2D eigenvalue weighted by Crippen LogP contribution is 2.17. The van der Waals surface area contributed by atoms with Gasteiger partial charge in [-0.3, -0.25) is 4.79 Å². The van der Waals surface area contributed by atoms with E-state index in [2.05, 4.69) is 4.74 Å². The molecule has 0 aliphatic rings. The Bertz CT molecular complexity index is 170. The number of rotatable bonds is 7. The van der Waals surface area contributed by atoms with Gasteiger partial charge in [-0.25, -0.2) is 0 Å². The molecule has 0 spiro atoms. The van der Waals surface area contributed by atoms with E-state index in [9.17, 15) is 4.79 Å². The summed E-state index contributed by atoms with van der Waals surface area (Å²) in [5, 5.41) is 0. The van der Waals surface area contributed by atoms with Gasteiger partial charge < -0.3 is 14.2 Å². The van der Waals surface area contributed by atoms with Gasteiger partial charge in [0.2, 0.25) is 0 Å². The third-order valence-electron chi connectivity index (χ3n) is 1.63. The van der Waals surface area contributed by atoms with Gasteiger partial charge in [0, 0.05) is 7.11 Å². The molecule has 0 aromatic carbocycles. The summed E-state index contributed by atoms with van der Waals surface area (Å²) in [6.45, 7) is 4.77. The van der Waals surface area contributed by atoms with Gasteiger partial charge in [-0.05, 0) is 13.8 Å². The Kier molecular flexibility index (Phi) is 6.87. The lowest BCUT2D eigenvalue weighted by Gasteiger charge is -2.21. The second-order valence-electron chi connectivity index (χ2n) is 3.47. The van der Waals surface area contributed by atoms with Crippen molar-refractivity contribution in [3.8, 4) is 0 Å². The van der Waals surface area contributed by atoms with Crippen LogP contribution in [0.15, 0.2) is 0 Å². The second kappa shape index (κ2) is 7.04. The van der Waals surface area contributed by atoms with E-state index in [1.54, 1.807) is 21.0 Å². The standard InChI is InChI=1S/C9H17ClO4/c1-9(2,8(11)14-7-10)6-13-5-4-12-3/h4-7H2,1-3H3. The van der Waals surface area contributed by atoms with Crippen LogP contribution in [0.4, 0.5) is 0 Å². The summed E-state index contributed by atoms with van der Waals surface area (Å²) < 4.78 is 14.7. The third-order valence-corrected chi connectivity index (χ3v) is 1.74. The molecule has 0 heterocycles. The summed E-state index contributed by atoms with van der Waals surface area (Å²) in [7, 11) is 1.59. The number of alkyl halides is 1. The van der Waals surface area contributed by atoms with Gasteiger partial charge in [0.25, 0.3) is 0 Å². The predicted molar refractivity (Wildman–Crippen MR) is 53.3 cm³/mol. The molecule has 0 radical (unpaired) electrons. The number of carbonyl (C=O) groups excluding carboxylic acids is 1. The molecule has 5 heteroatoms. The minimum Gasteiger partial charge on any atom is -0.449 e. The highest BCUT2D eigenvalue weighted by molar-refractivity contribution is 6.17. The van der Waals surface area contributed by atoms with E-state index in [0.717, 1.165) is 0 Å². The molecular weight excluding hydrogens is 208 g/mol. The van der Waals surface area contributed by atoms with E-state index in [0.29, 0.717) is 19.8 Å². The first-order valence-electron chi connectivity index (χ1n) is 4.34. The lowest BCUT2D eigenvalue weighted by Crippen LogP contribution is -2.31. The van der Waals surface area contributed by atoms with Crippen molar-refractivity contribution in [1.29, 1.82) is 0 Å². The monoisotopic (exact) mass is 224 g/mol. The number of ether oxygens (including phenoxy) is 3. The van der Waals surface area contributed by atoms with Crippen molar-refractivity contribution >= 4 is 17.6 Å². The van der Waals surface area contributed by atoms with Crippen LogP contribution < -0.4 is 0 Å². The van der Waals surface area contributed by atoms with E-state index in [1.807, 2.05) is 0 Å². The Morgan fingerprint density at radius 2 is 2.00 bits per heavy atom. The van der Waals surface area contributed by atoms with Crippen molar-refractivity contribution in [2.24, 2.45) is 5.41 Å². The Morgan fingerprint density at radius 1 is 1.36 bits per heavy atom. The molecule has 0 rings (SSSR count). The molecule has 0 saturated heterocycles. The number of esters is 1. The maximum atomic E-state index is 11.3. The zero-order valence-corrected chi connectivity index (χ0v) is 9.60. The average molecular weight is 225 g/mol. The molecule has 0 aliphatic carbocycles. The minimum atomic E-state index is -0.664. The van der Waals surface area contributed by atoms with Crippen LogP contribution >= 0.6 is 11.6 Å². The summed E-state index contributed by atoms with van der Waals surface area (Å²) in [6.07, 6.45) is 0. The fourth-order valence-corrected chi connectivity index (χ4v) is 0.873. The molecule has 0 atom stereocenters. The lowest BCUT2D eigenvalue weighted by atomic mass is 9.95. The van der Waals surface area contributed by atoms with Crippen LogP contribution in [0.5, 0.6) is 0 Å². The quantitative estimate of drug-likeness (QED) is 0.373. The largest absolute Gasteiger partial charge is 0.449 e. The van der Waals surface area contributed by atoms with Crippen LogP contribution in [0.1, 0.15) is 13.8 Å². The molecule has 0 N–H and O–H groups in total. The Hall–Kier alpha value is -0.320. The zero-order chi connectivity index (χ0) is 11.0. The molecule has 0 unspecified atom stereocenters. The fraction of sp³-hybridized carbons (Fsp3) is 0.889. The first-order chi connectivity index (χ1) is 6.54. The van der Waals surface area contributed by atoms with Gasteiger partial charge in [-0.15, -0.1) is 0 Å². The molecule has 0 aromatic heterocycles. The number of hydrogen-bond acceptors (Lipinski definition) is 4. The van der Waals surface area contributed by atoms with Crippen molar-refractivity contribution in [2.75, 3.05) is 33.0 Å². The predicted octanol–water partition coefficient (Wildman–Crippen LogP) is 1.42. The first-order valence-corrected chi connectivity index (χ1v) is 4.88. The van der Waals surface area contributed by atoms with E-state index in [4.69, 9.17) is 21.1 Å². The zero-order valence-electron chi connectivity index (χ0n) is 8.84. The summed E-state index contributed by atoms with van der Waals surface area (Å²) in [5.74, 6) is -0.357. The number of methoxy groups -OCH3 is 1. The summed E-state index contributed by atoms with van der Waals surface area (Å²) in [5.41, 5.74) is -0.664. The van der Waals surface area contributed by atoms with Crippen molar-refractivity contribution in [3.63, 3.8) is 0 Å². The van der Waals surface area contributed by atoms with Crippen LogP contribution in [0.3, 0.4) is 0 Å². The topological polar surface area (TPSA) is 44.8 Å². The van der Waals surface area contributed by atoms with Crippen LogP contribution in [-0.2, 0) is 19.0 Å². The van der Waals surface area contributed by atoms with Gasteiger partial charge in [-0.2, -0.15) is 0 Å².